The minimum Gasteiger partial charge on any atom is -0.0622 e. The lowest BCUT2D eigenvalue weighted by atomic mass is 9.90. The summed E-state index contributed by atoms with van der Waals surface area (Å²) in [5.74, 6) is 14.2. The molecule has 0 nitrogen and oxygen atoms in total. The molecule has 0 radical (unpaired) electrons. The van der Waals surface area contributed by atoms with Crippen molar-refractivity contribution in [3.05, 3.63) is 229 Å². The van der Waals surface area contributed by atoms with Crippen molar-refractivity contribution in [2.45, 2.75) is 0 Å². The monoisotopic (exact) mass is 802 g/mol. The molecule has 0 amide bonds. The molecule has 0 unspecified atom stereocenters. The summed E-state index contributed by atoms with van der Waals surface area (Å²) in [6.07, 6.45) is 0. The molecule has 14 aromatic rings. The van der Waals surface area contributed by atoms with Crippen LogP contribution in [0.4, 0.5) is 0 Å². The first kappa shape index (κ1) is 35.0. The van der Waals surface area contributed by atoms with Crippen LogP contribution in [0, 0.1) is 23.7 Å². The van der Waals surface area contributed by atoms with E-state index in [1.165, 1.54) is 119 Å². The molecule has 0 aliphatic rings. The van der Waals surface area contributed by atoms with Crippen LogP contribution in [0.25, 0.3) is 119 Å². The van der Waals surface area contributed by atoms with Crippen LogP contribution in [0.2, 0.25) is 0 Å². The Morgan fingerprint density at radius 3 is 0.562 bits per heavy atom. The van der Waals surface area contributed by atoms with E-state index in [4.69, 9.17) is 0 Å². The van der Waals surface area contributed by atoms with Crippen molar-refractivity contribution in [3.8, 4) is 45.9 Å². The predicted molar refractivity (Wildman–Crippen MR) is 273 cm³/mol. The van der Waals surface area contributed by atoms with Gasteiger partial charge < -0.3 is 0 Å². The molecule has 0 atom stereocenters. The van der Waals surface area contributed by atoms with Gasteiger partial charge in [0.1, 0.15) is 0 Å². The number of benzene rings is 14. The molecule has 290 valence electrons. The zero-order chi connectivity index (χ0) is 41.9. The molecule has 0 fully saturated rings. The van der Waals surface area contributed by atoms with Crippen molar-refractivity contribution in [1.82, 2.24) is 0 Å². The highest BCUT2D eigenvalue weighted by Gasteiger charge is 2.14. The average molecular weight is 803 g/mol. The first-order chi connectivity index (χ1) is 31.6. The zero-order valence-electron chi connectivity index (χ0n) is 34.6. The number of hydrogen-bond donors (Lipinski definition) is 0. The molecule has 0 aromatic heterocycles. The predicted octanol–water partition coefficient (Wildman–Crippen LogP) is 16.5. The quantitative estimate of drug-likeness (QED) is 0.121. The largest absolute Gasteiger partial charge is 0.0622 e. The summed E-state index contributed by atoms with van der Waals surface area (Å²) < 4.78 is 0. The van der Waals surface area contributed by atoms with Crippen molar-refractivity contribution >= 4 is 97.0 Å². The molecular weight excluding hydrogens is 769 g/mol. The minimum absolute atomic E-state index is 1.02. The Labute approximate surface area is 369 Å². The Hall–Kier alpha value is -8.68. The van der Waals surface area contributed by atoms with Gasteiger partial charge in [-0.05, 0) is 192 Å². The molecule has 0 heteroatoms. The van der Waals surface area contributed by atoms with Gasteiger partial charge in [-0.25, -0.2) is 0 Å². The van der Waals surface area contributed by atoms with Crippen molar-refractivity contribution in [2.75, 3.05) is 0 Å². The lowest BCUT2D eigenvalue weighted by Gasteiger charge is -2.13. The molecular formula is C64H34. The Balaban J connectivity index is 0.785. The van der Waals surface area contributed by atoms with Crippen LogP contribution in [-0.2, 0) is 0 Å². The second kappa shape index (κ2) is 13.4. The topological polar surface area (TPSA) is 0 Å². The molecule has 0 saturated heterocycles. The van der Waals surface area contributed by atoms with Gasteiger partial charge in [-0.15, -0.1) is 0 Å². The summed E-state index contributed by atoms with van der Waals surface area (Å²) in [5, 5.41) is 22.6. The molecule has 14 rings (SSSR count). The van der Waals surface area contributed by atoms with E-state index < -0.39 is 0 Å². The molecule has 0 saturated carbocycles. The van der Waals surface area contributed by atoms with Gasteiger partial charge in [0, 0.05) is 22.3 Å². The second-order valence-electron chi connectivity index (χ2n) is 17.4. The lowest BCUT2D eigenvalue weighted by Crippen LogP contribution is -1.88. The molecule has 0 spiro atoms. The van der Waals surface area contributed by atoms with Gasteiger partial charge in [-0.3, -0.25) is 0 Å². The standard InChI is InChI=1S/C64H34/c1-3-7-43(8-4-1)57-35-53-23-19-49-31-41(32-50-20-24-54(36-57)63(53)61(49)50)13-11-39-27-45-15-17-47-29-40(30-48-18-16-46(28-39)59(45)60(47)48)12-14-42-33-51-21-25-55-37-58(44-9-5-2-6-10-44)38-56-26-22-52(34-42)62(51)64(55)56/h1-10,15-38H. The Kier molecular flexibility index (Phi) is 7.33. The van der Waals surface area contributed by atoms with Gasteiger partial charge in [0.2, 0.25) is 0 Å². The highest BCUT2D eigenvalue weighted by atomic mass is 14.2. The number of hydrogen-bond acceptors (Lipinski definition) is 0. The smallest absolute Gasteiger partial charge is 0.0261 e. The summed E-state index contributed by atoms with van der Waals surface area (Å²) in [6, 6.07) is 75.5. The Morgan fingerprint density at radius 1 is 0.172 bits per heavy atom. The summed E-state index contributed by atoms with van der Waals surface area (Å²) in [7, 11) is 0. The van der Waals surface area contributed by atoms with E-state index in [1.807, 2.05) is 0 Å². The van der Waals surface area contributed by atoms with Gasteiger partial charge in [0.15, 0.2) is 0 Å². The first-order valence-electron chi connectivity index (χ1n) is 22.0. The van der Waals surface area contributed by atoms with Crippen LogP contribution in [0.3, 0.4) is 0 Å². The van der Waals surface area contributed by atoms with Gasteiger partial charge in [0.25, 0.3) is 0 Å². The lowest BCUT2D eigenvalue weighted by molar-refractivity contribution is 1.65. The van der Waals surface area contributed by atoms with E-state index >= 15 is 0 Å². The average Bonchev–Trinajstić information content (AvgIpc) is 3.35. The molecule has 0 aliphatic carbocycles. The summed E-state index contributed by atoms with van der Waals surface area (Å²) >= 11 is 0. The van der Waals surface area contributed by atoms with E-state index in [0.717, 1.165) is 22.3 Å². The second-order valence-corrected chi connectivity index (χ2v) is 17.4. The highest BCUT2D eigenvalue weighted by Crippen LogP contribution is 2.41. The fourth-order valence-electron chi connectivity index (χ4n) is 10.7. The fraction of sp³-hybridized carbons (Fsp3) is 0. The summed E-state index contributed by atoms with van der Waals surface area (Å²) in [5.41, 5.74) is 9.05. The third-order valence-corrected chi connectivity index (χ3v) is 13.5. The molecule has 0 heterocycles. The number of rotatable bonds is 2. The molecule has 0 N–H and O–H groups in total. The van der Waals surface area contributed by atoms with Crippen LogP contribution in [0.1, 0.15) is 22.3 Å². The van der Waals surface area contributed by atoms with E-state index in [2.05, 4.69) is 230 Å². The summed E-state index contributed by atoms with van der Waals surface area (Å²) in [4.78, 5) is 0. The van der Waals surface area contributed by atoms with Crippen molar-refractivity contribution in [3.63, 3.8) is 0 Å². The Bertz CT molecular complexity index is 3860. The zero-order valence-corrected chi connectivity index (χ0v) is 34.6. The van der Waals surface area contributed by atoms with E-state index in [-0.39, 0.29) is 0 Å². The molecule has 64 heavy (non-hydrogen) atoms. The molecule has 14 aromatic carbocycles. The Morgan fingerprint density at radius 2 is 0.359 bits per heavy atom. The van der Waals surface area contributed by atoms with Gasteiger partial charge in [-0.2, -0.15) is 0 Å². The van der Waals surface area contributed by atoms with E-state index in [9.17, 15) is 0 Å². The first-order valence-corrected chi connectivity index (χ1v) is 22.0. The van der Waals surface area contributed by atoms with Gasteiger partial charge >= 0.3 is 0 Å². The SMILES string of the molecule is C(#Cc1cc2ccc3cc(-c4ccccc4)cc4ccc(c1)c2c34)c1cc2ccc3cc(C#Cc4cc5ccc6cc(-c7ccccc7)cc7ccc(c4)c5c67)cc4ccc(c1)c2c34. The highest BCUT2D eigenvalue weighted by molar-refractivity contribution is 6.26. The van der Waals surface area contributed by atoms with Gasteiger partial charge in [0.05, 0.1) is 0 Å². The van der Waals surface area contributed by atoms with Crippen LogP contribution < -0.4 is 0 Å². The van der Waals surface area contributed by atoms with Crippen molar-refractivity contribution in [2.24, 2.45) is 0 Å². The molecule has 0 bridgehead atoms. The van der Waals surface area contributed by atoms with Crippen LogP contribution in [0.5, 0.6) is 0 Å². The van der Waals surface area contributed by atoms with Crippen molar-refractivity contribution < 1.29 is 0 Å². The third kappa shape index (κ3) is 5.47. The molecule has 0 aliphatic heterocycles. The summed E-state index contributed by atoms with van der Waals surface area (Å²) in [6.45, 7) is 0. The van der Waals surface area contributed by atoms with Gasteiger partial charge in [-0.1, -0.05) is 157 Å². The maximum absolute atomic E-state index is 3.54. The van der Waals surface area contributed by atoms with E-state index in [0.29, 0.717) is 0 Å². The van der Waals surface area contributed by atoms with Crippen LogP contribution >= 0.6 is 0 Å². The maximum atomic E-state index is 3.54. The van der Waals surface area contributed by atoms with E-state index in [1.54, 1.807) is 0 Å². The van der Waals surface area contributed by atoms with Crippen LogP contribution in [-0.4, -0.2) is 0 Å². The normalized spacial score (nSPS) is 11.8. The van der Waals surface area contributed by atoms with Crippen molar-refractivity contribution in [1.29, 1.82) is 0 Å². The third-order valence-electron chi connectivity index (χ3n) is 13.5. The van der Waals surface area contributed by atoms with Crippen LogP contribution in [0.15, 0.2) is 206 Å². The fourth-order valence-corrected chi connectivity index (χ4v) is 10.7. The minimum atomic E-state index is 1.02. The maximum Gasteiger partial charge on any atom is 0.0261 e.